The summed E-state index contributed by atoms with van der Waals surface area (Å²) in [6, 6.07) is 13.6. The molecule has 2 aromatic rings. The number of nitrogens with one attached hydrogen (secondary N) is 1. The summed E-state index contributed by atoms with van der Waals surface area (Å²) in [6.45, 7) is 2.18. The van der Waals surface area contributed by atoms with Gasteiger partial charge in [0.15, 0.2) is 0 Å². The van der Waals surface area contributed by atoms with E-state index in [4.69, 9.17) is 11.6 Å². The van der Waals surface area contributed by atoms with E-state index in [1.165, 1.54) is 17.0 Å². The number of benzene rings is 2. The first-order valence-electron chi connectivity index (χ1n) is 7.93. The topological polar surface area (TPSA) is 72.9 Å². The zero-order valence-electron chi connectivity index (χ0n) is 13.5. The van der Waals surface area contributed by atoms with Gasteiger partial charge >= 0.3 is 11.8 Å². The average Bonchev–Trinajstić information content (AvgIpc) is 2.61. The Morgan fingerprint density at radius 3 is 2.40 bits per heavy atom. The van der Waals surface area contributed by atoms with Crippen LogP contribution in [-0.4, -0.2) is 48.0 Å². The van der Waals surface area contributed by atoms with Crippen molar-refractivity contribution in [2.45, 2.75) is 0 Å². The fourth-order valence-corrected chi connectivity index (χ4v) is 2.94. The second-order valence-electron chi connectivity index (χ2n) is 5.76. The maximum Gasteiger partial charge on any atom is 0.313 e. The molecule has 0 spiro atoms. The van der Waals surface area contributed by atoms with Crippen LogP contribution in [0.1, 0.15) is 0 Å². The molecule has 1 fully saturated rings. The van der Waals surface area contributed by atoms with E-state index in [1.54, 1.807) is 12.1 Å². The third-order valence-electron chi connectivity index (χ3n) is 4.04. The van der Waals surface area contributed by atoms with Crippen molar-refractivity contribution in [3.63, 3.8) is 0 Å². The first-order valence-corrected chi connectivity index (χ1v) is 8.30. The van der Waals surface area contributed by atoms with E-state index >= 15 is 0 Å². The summed E-state index contributed by atoms with van der Waals surface area (Å²) < 4.78 is 0. The SMILES string of the molecule is O=C(Nc1cccc(O)c1)C(=O)N1CCN(c2cccc(Cl)c2)CC1. The van der Waals surface area contributed by atoms with Crippen LogP contribution in [0.3, 0.4) is 0 Å². The molecule has 0 bridgehead atoms. The van der Waals surface area contributed by atoms with Gasteiger partial charge in [-0.1, -0.05) is 23.7 Å². The number of hydrogen-bond donors (Lipinski definition) is 2. The first kappa shape index (κ1) is 17.1. The zero-order chi connectivity index (χ0) is 17.8. The van der Waals surface area contributed by atoms with Crippen LogP contribution in [0.4, 0.5) is 11.4 Å². The molecule has 130 valence electrons. The molecule has 3 rings (SSSR count). The number of halogens is 1. The number of phenols is 1. The van der Waals surface area contributed by atoms with Gasteiger partial charge in [-0.15, -0.1) is 0 Å². The Balaban J connectivity index is 1.57. The number of carbonyl (C=O) groups is 2. The van der Waals surface area contributed by atoms with E-state index in [0.29, 0.717) is 36.9 Å². The fourth-order valence-electron chi connectivity index (χ4n) is 2.75. The molecule has 0 saturated carbocycles. The Morgan fingerprint density at radius 1 is 1.00 bits per heavy atom. The molecule has 0 aromatic heterocycles. The molecule has 1 aliphatic rings. The largest absolute Gasteiger partial charge is 0.508 e. The Kier molecular flexibility index (Phi) is 5.09. The summed E-state index contributed by atoms with van der Waals surface area (Å²) in [5.41, 5.74) is 1.39. The fraction of sp³-hybridized carbons (Fsp3) is 0.222. The van der Waals surface area contributed by atoms with Gasteiger partial charge in [-0.25, -0.2) is 0 Å². The lowest BCUT2D eigenvalue weighted by Gasteiger charge is -2.35. The molecule has 1 aliphatic heterocycles. The van der Waals surface area contributed by atoms with Gasteiger partial charge in [0.1, 0.15) is 5.75 Å². The minimum absolute atomic E-state index is 0.0281. The van der Waals surface area contributed by atoms with Crippen LogP contribution in [0.25, 0.3) is 0 Å². The van der Waals surface area contributed by atoms with Crippen molar-refractivity contribution in [3.8, 4) is 5.75 Å². The number of aromatic hydroxyl groups is 1. The molecule has 6 nitrogen and oxygen atoms in total. The Bertz CT molecular complexity index is 789. The van der Waals surface area contributed by atoms with Crippen molar-refractivity contribution < 1.29 is 14.7 Å². The highest BCUT2D eigenvalue weighted by Gasteiger charge is 2.26. The molecular weight excluding hydrogens is 342 g/mol. The molecule has 25 heavy (non-hydrogen) atoms. The summed E-state index contributed by atoms with van der Waals surface area (Å²) in [7, 11) is 0. The van der Waals surface area contributed by atoms with E-state index < -0.39 is 11.8 Å². The van der Waals surface area contributed by atoms with E-state index in [0.717, 1.165) is 5.69 Å². The summed E-state index contributed by atoms with van der Waals surface area (Å²) in [5, 5.41) is 12.6. The number of piperazine rings is 1. The number of phenolic OH excluding ortho intramolecular Hbond substituents is 1. The molecule has 2 amide bonds. The van der Waals surface area contributed by atoms with E-state index in [-0.39, 0.29) is 5.75 Å². The molecule has 0 unspecified atom stereocenters. The second kappa shape index (κ2) is 7.44. The van der Waals surface area contributed by atoms with Gasteiger partial charge in [0.2, 0.25) is 0 Å². The lowest BCUT2D eigenvalue weighted by atomic mass is 10.2. The van der Waals surface area contributed by atoms with Crippen molar-refractivity contribution in [3.05, 3.63) is 53.6 Å². The predicted octanol–water partition coefficient (Wildman–Crippen LogP) is 2.33. The molecule has 1 heterocycles. The number of anilines is 2. The smallest absolute Gasteiger partial charge is 0.313 e. The Morgan fingerprint density at radius 2 is 1.72 bits per heavy atom. The Labute approximate surface area is 150 Å². The van der Waals surface area contributed by atoms with Gasteiger partial charge in [0.05, 0.1) is 0 Å². The maximum atomic E-state index is 12.3. The van der Waals surface area contributed by atoms with Gasteiger partial charge in [-0.3, -0.25) is 9.59 Å². The van der Waals surface area contributed by atoms with Crippen molar-refractivity contribution in [2.24, 2.45) is 0 Å². The third-order valence-corrected chi connectivity index (χ3v) is 4.27. The predicted molar refractivity (Wildman–Crippen MR) is 97.0 cm³/mol. The quantitative estimate of drug-likeness (QED) is 0.807. The average molecular weight is 360 g/mol. The first-order chi connectivity index (χ1) is 12.0. The normalized spacial score (nSPS) is 14.3. The number of rotatable bonds is 2. The number of carbonyl (C=O) groups excluding carboxylic acids is 2. The van der Waals surface area contributed by atoms with Crippen molar-refractivity contribution in [2.75, 3.05) is 36.4 Å². The zero-order valence-corrected chi connectivity index (χ0v) is 14.2. The highest BCUT2D eigenvalue weighted by molar-refractivity contribution is 6.39. The minimum Gasteiger partial charge on any atom is -0.508 e. The molecule has 7 heteroatoms. The van der Waals surface area contributed by atoms with E-state index in [9.17, 15) is 14.7 Å². The standard InChI is InChI=1S/C18H18ClN3O3/c19-13-3-1-5-15(11-13)21-7-9-22(10-8-21)18(25)17(24)20-14-4-2-6-16(23)12-14/h1-6,11-12,23H,7-10H2,(H,20,24). The highest BCUT2D eigenvalue weighted by atomic mass is 35.5. The summed E-state index contributed by atoms with van der Waals surface area (Å²) in [5.74, 6) is -1.25. The molecule has 0 radical (unpaired) electrons. The van der Waals surface area contributed by atoms with Gasteiger partial charge < -0.3 is 20.2 Å². The lowest BCUT2D eigenvalue weighted by Crippen LogP contribution is -2.51. The summed E-state index contributed by atoms with van der Waals surface area (Å²) >= 11 is 6.01. The minimum atomic E-state index is -0.707. The molecular formula is C18H18ClN3O3. The van der Waals surface area contributed by atoms with Crippen LogP contribution in [0, 0.1) is 0 Å². The van der Waals surface area contributed by atoms with Crippen molar-refractivity contribution in [1.82, 2.24) is 4.90 Å². The number of hydrogen-bond acceptors (Lipinski definition) is 4. The monoisotopic (exact) mass is 359 g/mol. The Hall–Kier alpha value is -2.73. The van der Waals surface area contributed by atoms with Gasteiger partial charge in [0.25, 0.3) is 0 Å². The molecule has 2 N–H and O–H groups in total. The van der Waals surface area contributed by atoms with Gasteiger partial charge in [0, 0.05) is 48.6 Å². The summed E-state index contributed by atoms with van der Waals surface area (Å²) in [4.78, 5) is 28.1. The molecule has 1 saturated heterocycles. The molecule has 0 aliphatic carbocycles. The van der Waals surface area contributed by atoms with Crippen LogP contribution in [0.2, 0.25) is 5.02 Å². The number of nitrogens with zero attached hydrogens (tertiary/aromatic N) is 2. The van der Waals surface area contributed by atoms with Crippen LogP contribution >= 0.6 is 11.6 Å². The third kappa shape index (κ3) is 4.22. The van der Waals surface area contributed by atoms with E-state index in [1.807, 2.05) is 24.3 Å². The van der Waals surface area contributed by atoms with Crippen LogP contribution in [0.15, 0.2) is 48.5 Å². The van der Waals surface area contributed by atoms with Crippen LogP contribution in [0.5, 0.6) is 5.75 Å². The molecule has 0 atom stereocenters. The van der Waals surface area contributed by atoms with Crippen molar-refractivity contribution in [1.29, 1.82) is 0 Å². The van der Waals surface area contributed by atoms with Gasteiger partial charge in [-0.05, 0) is 30.3 Å². The second-order valence-corrected chi connectivity index (χ2v) is 6.20. The van der Waals surface area contributed by atoms with Crippen LogP contribution < -0.4 is 10.2 Å². The van der Waals surface area contributed by atoms with Gasteiger partial charge in [-0.2, -0.15) is 0 Å². The van der Waals surface area contributed by atoms with Crippen molar-refractivity contribution >= 4 is 34.8 Å². The molecule has 2 aromatic carbocycles. The van der Waals surface area contributed by atoms with E-state index in [2.05, 4.69) is 10.2 Å². The van der Waals surface area contributed by atoms with Crippen LogP contribution in [-0.2, 0) is 9.59 Å². The maximum absolute atomic E-state index is 12.3. The number of amides is 2. The summed E-state index contributed by atoms with van der Waals surface area (Å²) in [6.07, 6.45) is 0. The highest BCUT2D eigenvalue weighted by Crippen LogP contribution is 2.21. The lowest BCUT2D eigenvalue weighted by molar-refractivity contribution is -0.143.